The standard InChI is InChI=1S/C17H16N4O/c18-10-12-4-6-13(7-5-12)15-8-9-20-16(22)3-1-2-14-17(20)21(15)11-19-14/h4-7,11,15H,1-3,8-9H2. The van der Waals surface area contributed by atoms with Gasteiger partial charge in [-0.25, -0.2) is 4.98 Å². The van der Waals surface area contributed by atoms with Gasteiger partial charge in [-0.3, -0.25) is 9.69 Å². The summed E-state index contributed by atoms with van der Waals surface area (Å²) in [6.07, 6.45) is 5.09. The third-order valence-electron chi connectivity index (χ3n) is 4.59. The summed E-state index contributed by atoms with van der Waals surface area (Å²) in [7, 11) is 0. The highest BCUT2D eigenvalue weighted by molar-refractivity contribution is 5.94. The first kappa shape index (κ1) is 13.1. The van der Waals surface area contributed by atoms with E-state index in [0.717, 1.165) is 42.9 Å². The van der Waals surface area contributed by atoms with Crippen molar-refractivity contribution in [3.63, 3.8) is 0 Å². The summed E-state index contributed by atoms with van der Waals surface area (Å²) in [5.41, 5.74) is 2.86. The Hall–Kier alpha value is -2.61. The number of benzene rings is 1. The topological polar surface area (TPSA) is 61.9 Å². The Labute approximate surface area is 128 Å². The maximum Gasteiger partial charge on any atom is 0.228 e. The Balaban J connectivity index is 1.77. The van der Waals surface area contributed by atoms with Gasteiger partial charge in [-0.15, -0.1) is 0 Å². The summed E-state index contributed by atoms with van der Waals surface area (Å²) >= 11 is 0. The van der Waals surface area contributed by atoms with Crippen LogP contribution < -0.4 is 4.90 Å². The predicted molar refractivity (Wildman–Crippen MR) is 81.4 cm³/mol. The Kier molecular flexibility index (Phi) is 2.97. The zero-order chi connectivity index (χ0) is 15.1. The normalized spacial score (nSPS) is 20.2. The van der Waals surface area contributed by atoms with Gasteiger partial charge in [-0.2, -0.15) is 5.26 Å². The van der Waals surface area contributed by atoms with Crippen LogP contribution in [0.25, 0.3) is 0 Å². The van der Waals surface area contributed by atoms with Gasteiger partial charge in [0, 0.05) is 13.0 Å². The van der Waals surface area contributed by atoms with E-state index in [1.54, 1.807) is 0 Å². The summed E-state index contributed by atoms with van der Waals surface area (Å²) in [6.45, 7) is 0.738. The van der Waals surface area contributed by atoms with E-state index in [0.29, 0.717) is 12.0 Å². The van der Waals surface area contributed by atoms with Gasteiger partial charge >= 0.3 is 0 Å². The highest BCUT2D eigenvalue weighted by atomic mass is 16.2. The Bertz CT molecular complexity index is 769. The molecule has 0 saturated heterocycles. The summed E-state index contributed by atoms with van der Waals surface area (Å²) in [6, 6.07) is 10.0. The zero-order valence-electron chi connectivity index (χ0n) is 12.2. The number of nitriles is 1. The van der Waals surface area contributed by atoms with Crippen molar-refractivity contribution in [2.24, 2.45) is 0 Å². The molecule has 4 rings (SSSR count). The molecule has 0 bridgehead atoms. The van der Waals surface area contributed by atoms with Gasteiger partial charge in [0.1, 0.15) is 5.82 Å². The number of carbonyl (C=O) groups is 1. The van der Waals surface area contributed by atoms with Crippen LogP contribution in [-0.4, -0.2) is 22.0 Å². The number of anilines is 1. The highest BCUT2D eigenvalue weighted by Gasteiger charge is 2.33. The van der Waals surface area contributed by atoms with E-state index in [1.165, 1.54) is 0 Å². The minimum atomic E-state index is 0.186. The molecule has 0 saturated carbocycles. The van der Waals surface area contributed by atoms with Crippen molar-refractivity contribution >= 4 is 11.7 Å². The van der Waals surface area contributed by atoms with Gasteiger partial charge in [0.25, 0.3) is 0 Å². The van der Waals surface area contributed by atoms with Crippen LogP contribution in [0, 0.1) is 11.3 Å². The molecular weight excluding hydrogens is 276 g/mol. The molecule has 2 aliphatic rings. The van der Waals surface area contributed by atoms with Crippen molar-refractivity contribution in [2.45, 2.75) is 31.7 Å². The third-order valence-corrected chi connectivity index (χ3v) is 4.59. The van der Waals surface area contributed by atoms with Crippen LogP contribution in [0.2, 0.25) is 0 Å². The van der Waals surface area contributed by atoms with E-state index in [1.807, 2.05) is 35.5 Å². The molecule has 1 aromatic heterocycles. The van der Waals surface area contributed by atoms with E-state index >= 15 is 0 Å². The lowest BCUT2D eigenvalue weighted by Gasteiger charge is -2.34. The fourth-order valence-corrected chi connectivity index (χ4v) is 3.48. The maximum atomic E-state index is 12.3. The predicted octanol–water partition coefficient (Wildman–Crippen LogP) is 2.42. The number of hydrogen-bond donors (Lipinski definition) is 0. The van der Waals surface area contributed by atoms with E-state index in [9.17, 15) is 4.79 Å². The minimum absolute atomic E-state index is 0.186. The summed E-state index contributed by atoms with van der Waals surface area (Å²) in [4.78, 5) is 18.7. The van der Waals surface area contributed by atoms with Crippen LogP contribution in [-0.2, 0) is 11.2 Å². The number of aryl methyl sites for hydroxylation is 1. The Morgan fingerprint density at radius 2 is 2.05 bits per heavy atom. The molecule has 2 aromatic rings. The van der Waals surface area contributed by atoms with Crippen LogP contribution in [0.1, 0.15) is 42.1 Å². The van der Waals surface area contributed by atoms with Crippen molar-refractivity contribution in [3.8, 4) is 6.07 Å². The van der Waals surface area contributed by atoms with Crippen LogP contribution >= 0.6 is 0 Å². The maximum absolute atomic E-state index is 12.3. The van der Waals surface area contributed by atoms with Crippen LogP contribution in [0.15, 0.2) is 30.6 Å². The lowest BCUT2D eigenvalue weighted by Crippen LogP contribution is -2.38. The second-order valence-electron chi connectivity index (χ2n) is 5.86. The average molecular weight is 292 g/mol. The molecule has 0 N–H and O–H groups in total. The molecule has 0 spiro atoms. The van der Waals surface area contributed by atoms with Gasteiger partial charge in [-0.05, 0) is 37.0 Å². The quantitative estimate of drug-likeness (QED) is 0.811. The number of hydrogen-bond acceptors (Lipinski definition) is 3. The highest BCUT2D eigenvalue weighted by Crippen LogP contribution is 2.37. The lowest BCUT2D eigenvalue weighted by atomic mass is 10.00. The average Bonchev–Trinajstić information content (AvgIpc) is 2.91. The summed E-state index contributed by atoms with van der Waals surface area (Å²) < 4.78 is 2.13. The number of imidazole rings is 1. The number of aromatic nitrogens is 2. The second kappa shape index (κ2) is 4.99. The first-order valence-corrected chi connectivity index (χ1v) is 7.64. The first-order chi connectivity index (χ1) is 10.8. The minimum Gasteiger partial charge on any atom is -0.309 e. The van der Waals surface area contributed by atoms with Gasteiger partial charge < -0.3 is 4.57 Å². The van der Waals surface area contributed by atoms with Crippen molar-refractivity contribution in [1.29, 1.82) is 5.26 Å². The van der Waals surface area contributed by atoms with Crippen molar-refractivity contribution in [1.82, 2.24) is 9.55 Å². The first-order valence-electron chi connectivity index (χ1n) is 7.64. The third kappa shape index (κ3) is 1.92. The fourth-order valence-electron chi connectivity index (χ4n) is 3.48. The van der Waals surface area contributed by atoms with Crippen LogP contribution in [0.3, 0.4) is 0 Å². The number of carbonyl (C=O) groups excluding carboxylic acids is 1. The van der Waals surface area contributed by atoms with E-state index < -0.39 is 0 Å². The lowest BCUT2D eigenvalue weighted by molar-refractivity contribution is -0.118. The fraction of sp³-hybridized carbons (Fsp3) is 0.353. The molecule has 0 radical (unpaired) electrons. The molecule has 3 heterocycles. The molecule has 1 amide bonds. The molecule has 1 atom stereocenters. The van der Waals surface area contributed by atoms with Gasteiger partial charge in [0.2, 0.25) is 5.91 Å². The number of rotatable bonds is 1. The molecular formula is C17H16N4O. The van der Waals surface area contributed by atoms with Gasteiger partial charge in [-0.1, -0.05) is 12.1 Å². The molecule has 0 fully saturated rings. The largest absolute Gasteiger partial charge is 0.309 e. The van der Waals surface area contributed by atoms with Gasteiger partial charge in [0.15, 0.2) is 0 Å². The number of nitrogens with zero attached hydrogens (tertiary/aromatic N) is 4. The molecule has 1 unspecified atom stereocenters. The molecule has 5 nitrogen and oxygen atoms in total. The van der Waals surface area contributed by atoms with E-state index in [4.69, 9.17) is 5.26 Å². The Morgan fingerprint density at radius 1 is 1.23 bits per heavy atom. The summed E-state index contributed by atoms with van der Waals surface area (Å²) in [5, 5.41) is 8.93. The number of amides is 1. The van der Waals surface area contributed by atoms with E-state index in [2.05, 4.69) is 15.6 Å². The van der Waals surface area contributed by atoms with Gasteiger partial charge in [0.05, 0.1) is 29.7 Å². The molecule has 2 aliphatic heterocycles. The van der Waals surface area contributed by atoms with Crippen LogP contribution in [0.4, 0.5) is 5.82 Å². The molecule has 110 valence electrons. The van der Waals surface area contributed by atoms with Crippen LogP contribution in [0.5, 0.6) is 0 Å². The summed E-state index contributed by atoms with van der Waals surface area (Å²) in [5.74, 6) is 1.18. The zero-order valence-corrected chi connectivity index (χ0v) is 12.2. The smallest absolute Gasteiger partial charge is 0.228 e. The van der Waals surface area contributed by atoms with Crippen molar-refractivity contribution in [3.05, 3.63) is 47.4 Å². The molecule has 1 aromatic carbocycles. The Morgan fingerprint density at radius 3 is 2.82 bits per heavy atom. The van der Waals surface area contributed by atoms with E-state index in [-0.39, 0.29) is 11.9 Å². The van der Waals surface area contributed by atoms with Crippen molar-refractivity contribution in [2.75, 3.05) is 11.4 Å². The SMILES string of the molecule is N#Cc1ccc(C2CCN3C(=O)CCCc4ncn2c43)cc1. The molecule has 0 aliphatic carbocycles. The monoisotopic (exact) mass is 292 g/mol. The molecule has 22 heavy (non-hydrogen) atoms. The van der Waals surface area contributed by atoms with Crippen molar-refractivity contribution < 1.29 is 4.79 Å². The molecule has 5 heteroatoms. The second-order valence-corrected chi connectivity index (χ2v) is 5.86.